The lowest BCUT2D eigenvalue weighted by Crippen LogP contribution is -2.06. The van der Waals surface area contributed by atoms with E-state index in [-0.39, 0.29) is 11.4 Å². The van der Waals surface area contributed by atoms with Crippen molar-refractivity contribution in [2.24, 2.45) is 0 Å². The number of nitrogens with two attached hydrogens (primary N) is 1. The number of nitrogens with one attached hydrogen (secondary N) is 1. The van der Waals surface area contributed by atoms with Crippen LogP contribution in [0.1, 0.15) is 5.56 Å². The summed E-state index contributed by atoms with van der Waals surface area (Å²) >= 11 is 0. The smallest absolute Gasteiger partial charge is 0.387 e. The zero-order valence-electron chi connectivity index (χ0n) is 11.0. The van der Waals surface area contributed by atoms with Crippen LogP contribution in [0.2, 0.25) is 0 Å². The average molecular weight is 300 g/mol. The molecule has 0 fully saturated rings. The van der Waals surface area contributed by atoms with Crippen LogP contribution in [0.3, 0.4) is 0 Å². The van der Waals surface area contributed by atoms with Crippen molar-refractivity contribution in [3.63, 3.8) is 0 Å². The molecule has 21 heavy (non-hydrogen) atoms. The molecule has 112 valence electrons. The van der Waals surface area contributed by atoms with Crippen LogP contribution >= 0.6 is 0 Å². The fourth-order valence-electron chi connectivity index (χ4n) is 1.69. The number of hydrogen-bond acceptors (Lipinski definition) is 3. The van der Waals surface area contributed by atoms with E-state index < -0.39 is 24.0 Å². The maximum atomic E-state index is 13.4. The van der Waals surface area contributed by atoms with Gasteiger partial charge in [0.15, 0.2) is 11.6 Å². The number of nitrogen functional groups attached to an aromatic ring is 1. The van der Waals surface area contributed by atoms with Crippen LogP contribution in [0, 0.1) is 18.6 Å². The molecule has 0 aliphatic carbocycles. The first-order chi connectivity index (χ1) is 9.86. The molecule has 0 heterocycles. The summed E-state index contributed by atoms with van der Waals surface area (Å²) in [5, 5.41) is 2.72. The van der Waals surface area contributed by atoms with Crippen molar-refractivity contribution in [3.05, 3.63) is 47.5 Å². The Balaban J connectivity index is 2.32. The zero-order chi connectivity index (χ0) is 15.6. The highest BCUT2D eigenvalue weighted by atomic mass is 19.3. The van der Waals surface area contributed by atoms with Gasteiger partial charge in [0.2, 0.25) is 0 Å². The lowest BCUT2D eigenvalue weighted by molar-refractivity contribution is -0.0521. The largest absolute Gasteiger partial charge is 0.432 e. The van der Waals surface area contributed by atoms with Crippen molar-refractivity contribution in [1.29, 1.82) is 0 Å². The van der Waals surface area contributed by atoms with Crippen LogP contribution in [0.5, 0.6) is 5.75 Å². The minimum atomic E-state index is -3.16. The number of alkyl halides is 2. The van der Waals surface area contributed by atoms with Crippen LogP contribution in [0.25, 0.3) is 0 Å². The van der Waals surface area contributed by atoms with Crippen LogP contribution in [-0.4, -0.2) is 6.61 Å². The van der Waals surface area contributed by atoms with Gasteiger partial charge in [-0.25, -0.2) is 8.78 Å². The van der Waals surface area contributed by atoms with Gasteiger partial charge < -0.3 is 15.8 Å². The molecule has 0 spiro atoms. The van der Waals surface area contributed by atoms with Crippen molar-refractivity contribution >= 4 is 17.1 Å². The second-order valence-corrected chi connectivity index (χ2v) is 4.34. The van der Waals surface area contributed by atoms with E-state index in [1.54, 1.807) is 13.0 Å². The highest BCUT2D eigenvalue weighted by Gasteiger charge is 2.13. The Morgan fingerprint density at radius 1 is 1.10 bits per heavy atom. The molecule has 0 unspecified atom stereocenters. The van der Waals surface area contributed by atoms with E-state index in [0.717, 1.165) is 12.1 Å². The minimum absolute atomic E-state index is 0.0184. The maximum absolute atomic E-state index is 13.4. The molecule has 0 bridgehead atoms. The molecule has 0 atom stereocenters. The van der Waals surface area contributed by atoms with Crippen molar-refractivity contribution in [2.75, 3.05) is 11.1 Å². The third kappa shape index (κ3) is 3.56. The van der Waals surface area contributed by atoms with Crippen molar-refractivity contribution in [3.8, 4) is 5.75 Å². The molecular formula is C14H12F4N2O. The van der Waals surface area contributed by atoms with Gasteiger partial charge in [-0.05, 0) is 24.6 Å². The second-order valence-electron chi connectivity index (χ2n) is 4.34. The van der Waals surface area contributed by atoms with Gasteiger partial charge in [0.05, 0.1) is 11.4 Å². The molecule has 0 radical (unpaired) electrons. The van der Waals surface area contributed by atoms with E-state index in [9.17, 15) is 17.6 Å². The number of anilines is 3. The van der Waals surface area contributed by atoms with Gasteiger partial charge >= 0.3 is 6.61 Å². The summed E-state index contributed by atoms with van der Waals surface area (Å²) in [5.74, 6) is -2.09. The van der Waals surface area contributed by atoms with Crippen LogP contribution in [0.15, 0.2) is 30.3 Å². The van der Waals surface area contributed by atoms with Gasteiger partial charge in [0.25, 0.3) is 0 Å². The van der Waals surface area contributed by atoms with Crippen molar-refractivity contribution in [1.82, 2.24) is 0 Å². The standard InChI is InChI=1S/C14H12F4N2O/c1-7-2-3-8(4-9(7)15)20-12-6-13(21-14(17)18)10(16)5-11(12)19/h2-6,14,20H,19H2,1H3. The summed E-state index contributed by atoms with van der Waals surface area (Å²) in [6.07, 6.45) is 0. The Labute approximate surface area is 118 Å². The third-order valence-corrected chi connectivity index (χ3v) is 2.77. The molecule has 0 aliphatic heterocycles. The van der Waals surface area contributed by atoms with E-state index in [0.29, 0.717) is 11.3 Å². The first kappa shape index (κ1) is 15.0. The van der Waals surface area contributed by atoms with E-state index in [1.165, 1.54) is 12.1 Å². The van der Waals surface area contributed by atoms with Gasteiger partial charge in [0, 0.05) is 17.8 Å². The van der Waals surface area contributed by atoms with Crippen LogP contribution < -0.4 is 15.8 Å². The average Bonchev–Trinajstić information content (AvgIpc) is 2.39. The molecule has 0 saturated carbocycles. The van der Waals surface area contributed by atoms with Crippen molar-refractivity contribution in [2.45, 2.75) is 13.5 Å². The van der Waals surface area contributed by atoms with Crippen LogP contribution in [0.4, 0.5) is 34.6 Å². The topological polar surface area (TPSA) is 47.3 Å². The monoisotopic (exact) mass is 300 g/mol. The zero-order valence-corrected chi connectivity index (χ0v) is 11.0. The normalized spacial score (nSPS) is 10.8. The second kappa shape index (κ2) is 5.90. The summed E-state index contributed by atoms with van der Waals surface area (Å²) < 4.78 is 55.2. The molecule has 0 saturated heterocycles. The quantitative estimate of drug-likeness (QED) is 0.657. The molecular weight excluding hydrogens is 288 g/mol. The maximum Gasteiger partial charge on any atom is 0.387 e. The molecule has 0 aliphatic rings. The number of benzene rings is 2. The predicted octanol–water partition coefficient (Wildman–Crippen LogP) is 4.20. The Morgan fingerprint density at radius 2 is 1.81 bits per heavy atom. The number of hydrogen-bond donors (Lipinski definition) is 2. The fourth-order valence-corrected chi connectivity index (χ4v) is 1.69. The minimum Gasteiger partial charge on any atom is -0.432 e. The Morgan fingerprint density at radius 3 is 2.43 bits per heavy atom. The van der Waals surface area contributed by atoms with E-state index in [2.05, 4.69) is 10.1 Å². The highest BCUT2D eigenvalue weighted by Crippen LogP contribution is 2.31. The van der Waals surface area contributed by atoms with E-state index >= 15 is 0 Å². The molecule has 2 aromatic rings. The molecule has 7 heteroatoms. The first-order valence-electron chi connectivity index (χ1n) is 5.94. The lowest BCUT2D eigenvalue weighted by atomic mass is 10.2. The summed E-state index contributed by atoms with van der Waals surface area (Å²) in [6.45, 7) is -1.56. The fraction of sp³-hybridized carbons (Fsp3) is 0.143. The predicted molar refractivity (Wildman–Crippen MR) is 71.9 cm³/mol. The number of aryl methyl sites for hydroxylation is 1. The summed E-state index contributed by atoms with van der Waals surface area (Å²) in [6, 6.07) is 6.17. The molecule has 3 nitrogen and oxygen atoms in total. The molecule has 2 aromatic carbocycles. The summed E-state index contributed by atoms with van der Waals surface area (Å²) in [4.78, 5) is 0. The Bertz CT molecular complexity index is 662. The van der Waals surface area contributed by atoms with Crippen LogP contribution in [-0.2, 0) is 0 Å². The van der Waals surface area contributed by atoms with E-state index in [4.69, 9.17) is 5.73 Å². The third-order valence-electron chi connectivity index (χ3n) is 2.77. The number of ether oxygens (including phenoxy) is 1. The van der Waals surface area contributed by atoms with Gasteiger partial charge in [-0.15, -0.1) is 0 Å². The molecule has 0 aromatic heterocycles. The number of rotatable bonds is 4. The first-order valence-corrected chi connectivity index (χ1v) is 5.94. The highest BCUT2D eigenvalue weighted by molar-refractivity contribution is 5.74. The SMILES string of the molecule is Cc1ccc(Nc2cc(OC(F)F)c(F)cc2N)cc1F. The van der Waals surface area contributed by atoms with Crippen molar-refractivity contribution < 1.29 is 22.3 Å². The van der Waals surface area contributed by atoms with Gasteiger partial charge in [0.1, 0.15) is 5.82 Å². The molecule has 0 amide bonds. The molecule has 3 N–H and O–H groups in total. The Hall–Kier alpha value is -2.44. The lowest BCUT2D eigenvalue weighted by Gasteiger charge is -2.13. The van der Waals surface area contributed by atoms with Gasteiger partial charge in [-0.1, -0.05) is 6.07 Å². The van der Waals surface area contributed by atoms with Gasteiger partial charge in [-0.2, -0.15) is 8.78 Å². The van der Waals surface area contributed by atoms with Gasteiger partial charge in [-0.3, -0.25) is 0 Å². The van der Waals surface area contributed by atoms with E-state index in [1.807, 2.05) is 0 Å². The Kier molecular flexibility index (Phi) is 4.21. The summed E-state index contributed by atoms with van der Waals surface area (Å²) in [5.41, 5.74) is 6.51. The number of halogens is 4. The summed E-state index contributed by atoms with van der Waals surface area (Å²) in [7, 11) is 0. The molecule has 2 rings (SSSR count).